The van der Waals surface area contributed by atoms with Gasteiger partial charge in [0.15, 0.2) is 0 Å². The Kier molecular flexibility index (Phi) is 5.62. The van der Waals surface area contributed by atoms with E-state index in [1.807, 2.05) is 42.2 Å². The molecule has 0 radical (unpaired) electrons. The molecule has 0 unspecified atom stereocenters. The van der Waals surface area contributed by atoms with Crippen molar-refractivity contribution in [1.82, 2.24) is 9.88 Å². The molecule has 1 aromatic heterocycles. The van der Waals surface area contributed by atoms with Gasteiger partial charge >= 0.3 is 0 Å². The van der Waals surface area contributed by atoms with E-state index in [0.717, 1.165) is 47.6 Å². The Bertz CT molecular complexity index is 949. The van der Waals surface area contributed by atoms with Crippen molar-refractivity contribution in [3.63, 3.8) is 0 Å². The summed E-state index contributed by atoms with van der Waals surface area (Å²) in [4.78, 5) is 19.8. The van der Waals surface area contributed by atoms with Gasteiger partial charge in [0.05, 0.1) is 29.3 Å². The second-order valence-corrected chi connectivity index (χ2v) is 8.55. The number of likely N-dealkylation sites (tertiary alicyclic amines) is 1. The van der Waals surface area contributed by atoms with E-state index in [1.165, 1.54) is 10.3 Å². The fourth-order valence-electron chi connectivity index (χ4n) is 3.87. The highest BCUT2D eigenvalue weighted by atomic mass is 32.1. The third-order valence-corrected chi connectivity index (χ3v) is 6.46. The average Bonchev–Trinajstić information content (AvgIpc) is 3.13. The number of benzene rings is 2. The summed E-state index contributed by atoms with van der Waals surface area (Å²) in [6.07, 6.45) is 3.59. The van der Waals surface area contributed by atoms with Gasteiger partial charge in [0, 0.05) is 6.54 Å². The normalized spacial score (nSPS) is 17.1. The zero-order valence-electron chi connectivity index (χ0n) is 16.5. The minimum absolute atomic E-state index is 0.0970. The summed E-state index contributed by atoms with van der Waals surface area (Å²) < 4.78 is 7.07. The molecular weight excluding hydrogens is 368 g/mol. The number of hydrogen-bond acceptors (Lipinski definition) is 4. The molecular formula is C23H26N2O2S. The summed E-state index contributed by atoms with van der Waals surface area (Å²) in [5.74, 6) is 1.02. The number of aryl methyl sites for hydroxylation is 2. The number of amides is 1. The van der Waals surface area contributed by atoms with E-state index < -0.39 is 0 Å². The van der Waals surface area contributed by atoms with Gasteiger partial charge in [-0.15, -0.1) is 11.3 Å². The maximum Gasteiger partial charge on any atom is 0.226 e. The van der Waals surface area contributed by atoms with Crippen LogP contribution in [0.4, 0.5) is 0 Å². The molecule has 2 heterocycles. The van der Waals surface area contributed by atoms with Gasteiger partial charge in [0.1, 0.15) is 10.8 Å². The van der Waals surface area contributed by atoms with Crippen molar-refractivity contribution in [1.29, 1.82) is 0 Å². The predicted octanol–water partition coefficient (Wildman–Crippen LogP) is 5.44. The van der Waals surface area contributed by atoms with Crippen molar-refractivity contribution in [3.05, 3.63) is 58.6 Å². The quantitative estimate of drug-likeness (QED) is 0.579. The number of carbonyl (C=O) groups excluding carboxylic acids is 1. The van der Waals surface area contributed by atoms with Crippen molar-refractivity contribution in [2.45, 2.75) is 45.6 Å². The maximum atomic E-state index is 12.9. The SMILES string of the molecule is Cc1ccc(OCCC(=O)N2CCCC[C@@H]2c2nc3ccccc3s2)c(C)c1. The molecule has 1 amide bonds. The van der Waals surface area contributed by atoms with Gasteiger partial charge in [0.25, 0.3) is 0 Å². The van der Waals surface area contributed by atoms with E-state index in [9.17, 15) is 4.79 Å². The zero-order valence-corrected chi connectivity index (χ0v) is 17.3. The number of rotatable bonds is 5. The van der Waals surface area contributed by atoms with Crippen LogP contribution in [0.15, 0.2) is 42.5 Å². The Labute approximate surface area is 170 Å². The molecule has 0 spiro atoms. The highest BCUT2D eigenvalue weighted by molar-refractivity contribution is 7.18. The van der Waals surface area contributed by atoms with E-state index in [0.29, 0.717) is 13.0 Å². The van der Waals surface area contributed by atoms with Crippen LogP contribution < -0.4 is 4.74 Å². The van der Waals surface area contributed by atoms with Gasteiger partial charge < -0.3 is 9.64 Å². The summed E-state index contributed by atoms with van der Waals surface area (Å²) in [6, 6.07) is 14.4. The summed E-state index contributed by atoms with van der Waals surface area (Å²) in [7, 11) is 0. The smallest absolute Gasteiger partial charge is 0.226 e. The van der Waals surface area contributed by atoms with Crippen molar-refractivity contribution in [3.8, 4) is 5.75 Å². The van der Waals surface area contributed by atoms with E-state index in [1.54, 1.807) is 11.3 Å². The van der Waals surface area contributed by atoms with Crippen LogP contribution in [0.5, 0.6) is 5.75 Å². The number of piperidine rings is 1. The van der Waals surface area contributed by atoms with Gasteiger partial charge in [-0.05, 0) is 56.9 Å². The van der Waals surface area contributed by atoms with E-state index in [-0.39, 0.29) is 11.9 Å². The maximum absolute atomic E-state index is 12.9. The number of ether oxygens (including phenoxy) is 1. The Morgan fingerprint density at radius 3 is 2.89 bits per heavy atom. The molecule has 1 fully saturated rings. The Balaban J connectivity index is 1.42. The molecule has 0 bridgehead atoms. The second-order valence-electron chi connectivity index (χ2n) is 7.49. The number of hydrogen-bond donors (Lipinski definition) is 0. The largest absolute Gasteiger partial charge is 0.493 e. The fourth-order valence-corrected chi connectivity index (χ4v) is 4.99. The molecule has 1 saturated heterocycles. The van der Waals surface area contributed by atoms with Crippen LogP contribution in [0, 0.1) is 13.8 Å². The van der Waals surface area contributed by atoms with Gasteiger partial charge in [-0.1, -0.05) is 29.8 Å². The first-order chi connectivity index (χ1) is 13.6. The van der Waals surface area contributed by atoms with E-state index in [2.05, 4.69) is 19.1 Å². The molecule has 4 rings (SSSR count). The predicted molar refractivity (Wildman–Crippen MR) is 114 cm³/mol. The highest BCUT2D eigenvalue weighted by Gasteiger charge is 2.30. The van der Waals surface area contributed by atoms with Crippen LogP contribution in [0.2, 0.25) is 0 Å². The molecule has 0 N–H and O–H groups in total. The summed E-state index contributed by atoms with van der Waals surface area (Å²) in [6.45, 7) is 5.32. The lowest BCUT2D eigenvalue weighted by molar-refractivity contribution is -0.135. The molecule has 3 aromatic rings. The molecule has 1 aliphatic heterocycles. The van der Waals surface area contributed by atoms with Crippen molar-refractivity contribution in [2.75, 3.05) is 13.2 Å². The molecule has 0 aliphatic carbocycles. The van der Waals surface area contributed by atoms with Crippen LogP contribution in [0.25, 0.3) is 10.2 Å². The minimum Gasteiger partial charge on any atom is -0.493 e. The lowest BCUT2D eigenvalue weighted by atomic mass is 10.0. The van der Waals surface area contributed by atoms with Crippen molar-refractivity contribution >= 4 is 27.5 Å². The van der Waals surface area contributed by atoms with E-state index >= 15 is 0 Å². The standard InChI is InChI=1S/C23H26N2O2S/c1-16-10-11-20(17(2)15-16)27-14-12-22(26)25-13-6-5-8-19(25)23-24-18-7-3-4-9-21(18)28-23/h3-4,7,9-11,15,19H,5-6,8,12-14H2,1-2H3/t19-/m1/s1. The Morgan fingerprint density at radius 1 is 1.21 bits per heavy atom. The van der Waals surface area contributed by atoms with Crippen molar-refractivity contribution in [2.24, 2.45) is 0 Å². The minimum atomic E-state index is 0.0970. The monoisotopic (exact) mass is 394 g/mol. The first-order valence-electron chi connectivity index (χ1n) is 9.97. The van der Waals surface area contributed by atoms with Crippen LogP contribution in [-0.2, 0) is 4.79 Å². The van der Waals surface area contributed by atoms with Gasteiger partial charge in [-0.3, -0.25) is 4.79 Å². The van der Waals surface area contributed by atoms with Crippen LogP contribution >= 0.6 is 11.3 Å². The zero-order chi connectivity index (χ0) is 19.5. The first-order valence-corrected chi connectivity index (χ1v) is 10.8. The molecule has 146 valence electrons. The molecule has 2 aromatic carbocycles. The molecule has 5 heteroatoms. The number of fused-ring (bicyclic) bond motifs is 1. The summed E-state index contributed by atoms with van der Waals surface area (Å²) in [5, 5.41) is 1.06. The third kappa shape index (κ3) is 4.04. The molecule has 1 aliphatic rings. The summed E-state index contributed by atoms with van der Waals surface area (Å²) >= 11 is 1.71. The Morgan fingerprint density at radius 2 is 2.07 bits per heavy atom. The van der Waals surface area contributed by atoms with Gasteiger partial charge in [-0.2, -0.15) is 0 Å². The first kappa shape index (κ1) is 18.9. The lowest BCUT2D eigenvalue weighted by Crippen LogP contribution is -2.39. The summed E-state index contributed by atoms with van der Waals surface area (Å²) in [5.41, 5.74) is 3.35. The number of thiazole rings is 1. The second kappa shape index (κ2) is 8.31. The lowest BCUT2D eigenvalue weighted by Gasteiger charge is -2.34. The third-order valence-electron chi connectivity index (χ3n) is 5.32. The number of para-hydroxylation sites is 1. The van der Waals surface area contributed by atoms with Gasteiger partial charge in [0.2, 0.25) is 5.91 Å². The molecule has 28 heavy (non-hydrogen) atoms. The van der Waals surface area contributed by atoms with Crippen LogP contribution in [-0.4, -0.2) is 28.9 Å². The highest BCUT2D eigenvalue weighted by Crippen LogP contribution is 2.36. The van der Waals surface area contributed by atoms with Crippen LogP contribution in [0.3, 0.4) is 0 Å². The van der Waals surface area contributed by atoms with Crippen molar-refractivity contribution < 1.29 is 9.53 Å². The molecule has 1 atom stereocenters. The fraction of sp³-hybridized carbons (Fsp3) is 0.391. The number of aromatic nitrogens is 1. The average molecular weight is 395 g/mol. The topological polar surface area (TPSA) is 42.4 Å². The number of carbonyl (C=O) groups is 1. The number of nitrogens with zero attached hydrogens (tertiary/aromatic N) is 2. The Hall–Kier alpha value is -2.40. The molecule has 4 nitrogen and oxygen atoms in total. The molecule has 0 saturated carbocycles. The van der Waals surface area contributed by atoms with Crippen LogP contribution in [0.1, 0.15) is 47.9 Å². The van der Waals surface area contributed by atoms with Gasteiger partial charge in [-0.25, -0.2) is 4.98 Å². The van der Waals surface area contributed by atoms with E-state index in [4.69, 9.17) is 9.72 Å².